The third-order valence-corrected chi connectivity index (χ3v) is 4.30. The molecule has 1 unspecified atom stereocenters. The molecule has 4 heteroatoms. The van der Waals surface area contributed by atoms with Gasteiger partial charge in [0.05, 0.1) is 0 Å². The molecule has 1 amide bonds. The number of hydrogen-bond donors (Lipinski definition) is 2. The van der Waals surface area contributed by atoms with Crippen molar-refractivity contribution in [2.75, 3.05) is 6.54 Å². The van der Waals surface area contributed by atoms with Crippen LogP contribution in [0.5, 0.6) is 0 Å². The zero-order valence-corrected chi connectivity index (χ0v) is 12.2. The fraction of sp³-hybridized carbons (Fsp3) is 0.867. The summed E-state index contributed by atoms with van der Waals surface area (Å²) < 4.78 is 0. The minimum atomic E-state index is -0.768. The Morgan fingerprint density at radius 1 is 1.26 bits per heavy atom. The zero-order chi connectivity index (χ0) is 14.3. The third kappa shape index (κ3) is 6.08. The van der Waals surface area contributed by atoms with Gasteiger partial charge >= 0.3 is 5.97 Å². The first-order valence-electron chi connectivity index (χ1n) is 7.40. The van der Waals surface area contributed by atoms with E-state index in [-0.39, 0.29) is 17.7 Å². The summed E-state index contributed by atoms with van der Waals surface area (Å²) in [6.07, 6.45) is 7.05. The Morgan fingerprint density at radius 3 is 2.63 bits per heavy atom. The van der Waals surface area contributed by atoms with Crippen LogP contribution in [-0.2, 0) is 9.59 Å². The summed E-state index contributed by atoms with van der Waals surface area (Å²) in [5.74, 6) is -0.161. The predicted octanol–water partition coefficient (Wildman–Crippen LogP) is 2.96. The van der Waals surface area contributed by atoms with E-state index in [0.717, 1.165) is 12.8 Å². The molecule has 1 atom stereocenters. The van der Waals surface area contributed by atoms with Gasteiger partial charge in [-0.2, -0.15) is 0 Å². The van der Waals surface area contributed by atoms with Crippen molar-refractivity contribution < 1.29 is 14.7 Å². The molecule has 4 nitrogen and oxygen atoms in total. The van der Waals surface area contributed by atoms with E-state index in [2.05, 4.69) is 19.2 Å². The summed E-state index contributed by atoms with van der Waals surface area (Å²) in [6, 6.07) is 0. The van der Waals surface area contributed by atoms with Crippen LogP contribution in [0.3, 0.4) is 0 Å². The van der Waals surface area contributed by atoms with Gasteiger partial charge in [0.15, 0.2) is 0 Å². The quantitative estimate of drug-likeness (QED) is 0.698. The van der Waals surface area contributed by atoms with Gasteiger partial charge in [-0.3, -0.25) is 9.59 Å². The molecular weight excluding hydrogens is 242 g/mol. The summed E-state index contributed by atoms with van der Waals surface area (Å²) >= 11 is 0. The fourth-order valence-electron chi connectivity index (χ4n) is 2.87. The number of nitrogens with one attached hydrogen (secondary N) is 1. The second kappa shape index (κ2) is 7.51. The van der Waals surface area contributed by atoms with Crippen molar-refractivity contribution in [3.8, 4) is 0 Å². The topological polar surface area (TPSA) is 66.4 Å². The molecule has 19 heavy (non-hydrogen) atoms. The number of rotatable bonds is 7. The highest BCUT2D eigenvalue weighted by molar-refractivity contribution is 5.76. The smallest absolute Gasteiger partial charge is 0.303 e. The highest BCUT2D eigenvalue weighted by Gasteiger charge is 2.33. The number of hydrogen-bond acceptors (Lipinski definition) is 2. The van der Waals surface area contributed by atoms with Gasteiger partial charge in [0.1, 0.15) is 0 Å². The number of carbonyl (C=O) groups excluding carboxylic acids is 1. The van der Waals surface area contributed by atoms with E-state index in [1.807, 2.05) is 0 Å². The molecule has 1 rings (SSSR count). The Labute approximate surface area is 116 Å². The summed E-state index contributed by atoms with van der Waals surface area (Å²) in [6.45, 7) is 5.12. The molecule has 2 N–H and O–H groups in total. The van der Waals surface area contributed by atoms with E-state index < -0.39 is 5.97 Å². The van der Waals surface area contributed by atoms with Gasteiger partial charge < -0.3 is 10.4 Å². The van der Waals surface area contributed by atoms with Crippen LogP contribution in [0.2, 0.25) is 0 Å². The van der Waals surface area contributed by atoms with Crippen molar-refractivity contribution in [3.05, 3.63) is 0 Å². The Balaban J connectivity index is 2.18. The second-order valence-corrected chi connectivity index (χ2v) is 6.34. The Hall–Kier alpha value is -1.06. The lowest BCUT2D eigenvalue weighted by Crippen LogP contribution is -2.34. The molecule has 0 bridgehead atoms. The SMILES string of the molecule is CC1(C)CCCCC1CC(=O)NCCCCC(=O)O. The van der Waals surface area contributed by atoms with Crippen LogP contribution >= 0.6 is 0 Å². The van der Waals surface area contributed by atoms with Crippen molar-refractivity contribution in [1.82, 2.24) is 5.32 Å². The normalized spacial score (nSPS) is 21.9. The largest absolute Gasteiger partial charge is 0.481 e. The van der Waals surface area contributed by atoms with Gasteiger partial charge in [-0.25, -0.2) is 0 Å². The standard InChI is InChI=1S/C15H27NO3/c1-15(2)9-5-3-7-12(15)11-13(17)16-10-6-4-8-14(18)19/h12H,3-11H2,1-2H3,(H,16,17)(H,18,19). The number of carboxylic acids is 1. The van der Waals surface area contributed by atoms with Crippen molar-refractivity contribution >= 4 is 11.9 Å². The molecule has 0 aromatic carbocycles. The number of carboxylic acid groups (broad SMARTS) is 1. The maximum atomic E-state index is 11.9. The monoisotopic (exact) mass is 269 g/mol. The molecule has 1 aliphatic carbocycles. The molecule has 0 spiro atoms. The highest BCUT2D eigenvalue weighted by atomic mass is 16.4. The van der Waals surface area contributed by atoms with Crippen LogP contribution in [0.25, 0.3) is 0 Å². The predicted molar refractivity (Wildman–Crippen MR) is 74.9 cm³/mol. The first kappa shape index (κ1) is 16.0. The molecule has 0 saturated heterocycles. The van der Waals surface area contributed by atoms with Crippen LogP contribution in [0.15, 0.2) is 0 Å². The first-order chi connectivity index (χ1) is 8.92. The summed E-state index contributed by atoms with van der Waals surface area (Å²) in [7, 11) is 0. The lowest BCUT2D eigenvalue weighted by atomic mass is 9.67. The van der Waals surface area contributed by atoms with Crippen LogP contribution in [0, 0.1) is 11.3 Å². The maximum Gasteiger partial charge on any atom is 0.303 e. The lowest BCUT2D eigenvalue weighted by molar-refractivity contribution is -0.137. The summed E-state index contributed by atoms with van der Waals surface area (Å²) in [5.41, 5.74) is 0.277. The number of amides is 1. The molecule has 1 saturated carbocycles. The van der Waals surface area contributed by atoms with Crippen LogP contribution in [0.4, 0.5) is 0 Å². The molecule has 0 aromatic rings. The average Bonchev–Trinajstić information content (AvgIpc) is 2.31. The van der Waals surface area contributed by atoms with Crippen LogP contribution < -0.4 is 5.32 Å². The number of carbonyl (C=O) groups is 2. The molecular formula is C15H27NO3. The second-order valence-electron chi connectivity index (χ2n) is 6.34. The molecule has 1 aliphatic rings. The molecule has 0 aliphatic heterocycles. The van der Waals surface area contributed by atoms with Gasteiger partial charge in [0.2, 0.25) is 5.91 Å². The van der Waals surface area contributed by atoms with Crippen molar-refractivity contribution in [3.63, 3.8) is 0 Å². The van der Waals surface area contributed by atoms with Gasteiger partial charge in [0.25, 0.3) is 0 Å². The molecule has 0 aromatic heterocycles. The fourth-order valence-corrected chi connectivity index (χ4v) is 2.87. The van der Waals surface area contributed by atoms with E-state index in [4.69, 9.17) is 5.11 Å². The molecule has 1 fully saturated rings. The van der Waals surface area contributed by atoms with Gasteiger partial charge in [-0.15, -0.1) is 0 Å². The molecule has 110 valence electrons. The van der Waals surface area contributed by atoms with Gasteiger partial charge in [0, 0.05) is 19.4 Å². The maximum absolute atomic E-state index is 11.9. The Kier molecular flexibility index (Phi) is 6.32. The van der Waals surface area contributed by atoms with Crippen LogP contribution in [0.1, 0.15) is 65.2 Å². The van der Waals surface area contributed by atoms with E-state index in [9.17, 15) is 9.59 Å². The van der Waals surface area contributed by atoms with E-state index >= 15 is 0 Å². The highest BCUT2D eigenvalue weighted by Crippen LogP contribution is 2.42. The minimum absolute atomic E-state index is 0.121. The summed E-state index contributed by atoms with van der Waals surface area (Å²) in [5, 5.41) is 11.4. The average molecular weight is 269 g/mol. The Bertz CT molecular complexity index is 313. The lowest BCUT2D eigenvalue weighted by Gasteiger charge is -2.38. The van der Waals surface area contributed by atoms with E-state index in [1.165, 1.54) is 19.3 Å². The number of aliphatic carboxylic acids is 1. The first-order valence-corrected chi connectivity index (χ1v) is 7.40. The Morgan fingerprint density at radius 2 is 2.00 bits per heavy atom. The van der Waals surface area contributed by atoms with Crippen molar-refractivity contribution in [2.24, 2.45) is 11.3 Å². The van der Waals surface area contributed by atoms with E-state index in [1.54, 1.807) is 0 Å². The van der Waals surface area contributed by atoms with Crippen molar-refractivity contribution in [2.45, 2.75) is 65.2 Å². The molecule has 0 radical (unpaired) electrons. The third-order valence-electron chi connectivity index (χ3n) is 4.30. The molecule has 0 heterocycles. The minimum Gasteiger partial charge on any atom is -0.481 e. The van der Waals surface area contributed by atoms with Gasteiger partial charge in [-0.05, 0) is 37.0 Å². The van der Waals surface area contributed by atoms with Crippen molar-refractivity contribution in [1.29, 1.82) is 0 Å². The summed E-state index contributed by atoms with van der Waals surface area (Å²) in [4.78, 5) is 22.2. The van der Waals surface area contributed by atoms with Gasteiger partial charge in [-0.1, -0.05) is 26.7 Å². The van der Waals surface area contributed by atoms with Crippen LogP contribution in [-0.4, -0.2) is 23.5 Å². The number of unbranched alkanes of at least 4 members (excludes halogenated alkanes) is 1. The van der Waals surface area contributed by atoms with E-state index in [0.29, 0.717) is 25.3 Å². The zero-order valence-electron chi connectivity index (χ0n) is 12.2.